The largest absolute Gasteiger partial charge is 0.506 e. The number of nitro groups is 1. The number of benzene rings is 3. The van der Waals surface area contributed by atoms with E-state index >= 15 is 0 Å². The standard InChI is InChI=1S/C17H11N5O3/c23-15-6-5-10-3-1-2-4-12(10)16(15)21-20-14-8-11(22(24)25)7-13-17(14)19-9-18-13/h1-9,23H,(H,18,19). The van der Waals surface area contributed by atoms with Crippen molar-refractivity contribution in [2.24, 2.45) is 10.2 Å². The van der Waals surface area contributed by atoms with E-state index in [9.17, 15) is 15.2 Å². The predicted molar refractivity (Wildman–Crippen MR) is 92.5 cm³/mol. The number of nitrogens with one attached hydrogen (secondary N) is 1. The number of nitro benzene ring substituents is 1. The molecule has 1 heterocycles. The van der Waals surface area contributed by atoms with Gasteiger partial charge in [-0.1, -0.05) is 30.3 Å². The van der Waals surface area contributed by atoms with Gasteiger partial charge in [0.1, 0.15) is 22.6 Å². The molecule has 3 aromatic carbocycles. The van der Waals surface area contributed by atoms with Crippen LogP contribution in [0, 0.1) is 10.1 Å². The second kappa shape index (κ2) is 5.68. The van der Waals surface area contributed by atoms with E-state index in [1.807, 2.05) is 24.3 Å². The maximum absolute atomic E-state index is 11.1. The number of aromatic hydroxyl groups is 1. The van der Waals surface area contributed by atoms with Gasteiger partial charge in [-0.2, -0.15) is 0 Å². The first-order valence-corrected chi connectivity index (χ1v) is 7.37. The van der Waals surface area contributed by atoms with Crippen molar-refractivity contribution < 1.29 is 10.0 Å². The van der Waals surface area contributed by atoms with Crippen LogP contribution < -0.4 is 0 Å². The van der Waals surface area contributed by atoms with E-state index in [4.69, 9.17) is 0 Å². The summed E-state index contributed by atoms with van der Waals surface area (Å²) in [6, 6.07) is 13.4. The number of hydrogen-bond acceptors (Lipinski definition) is 6. The summed E-state index contributed by atoms with van der Waals surface area (Å²) in [6.45, 7) is 0. The Hall–Kier alpha value is -3.81. The van der Waals surface area contributed by atoms with Gasteiger partial charge in [-0.05, 0) is 11.5 Å². The molecule has 8 heteroatoms. The fourth-order valence-electron chi connectivity index (χ4n) is 2.65. The van der Waals surface area contributed by atoms with Crippen LogP contribution in [0.2, 0.25) is 0 Å². The lowest BCUT2D eigenvalue weighted by molar-refractivity contribution is -0.384. The normalized spacial score (nSPS) is 11.5. The molecule has 122 valence electrons. The van der Waals surface area contributed by atoms with E-state index in [1.165, 1.54) is 24.5 Å². The minimum absolute atomic E-state index is 0.0221. The third-order valence-electron chi connectivity index (χ3n) is 3.84. The van der Waals surface area contributed by atoms with Crippen molar-refractivity contribution in [2.75, 3.05) is 0 Å². The summed E-state index contributed by atoms with van der Waals surface area (Å²) in [4.78, 5) is 17.5. The van der Waals surface area contributed by atoms with Crippen molar-refractivity contribution in [2.45, 2.75) is 0 Å². The minimum Gasteiger partial charge on any atom is -0.506 e. The monoisotopic (exact) mass is 333 g/mol. The number of rotatable bonds is 3. The fraction of sp³-hybridized carbons (Fsp3) is 0. The van der Waals surface area contributed by atoms with Crippen LogP contribution in [0.15, 0.2) is 65.1 Å². The lowest BCUT2D eigenvalue weighted by Crippen LogP contribution is -1.87. The van der Waals surface area contributed by atoms with E-state index in [-0.39, 0.29) is 17.1 Å². The zero-order valence-electron chi connectivity index (χ0n) is 12.7. The molecule has 0 amide bonds. The van der Waals surface area contributed by atoms with E-state index in [0.717, 1.165) is 10.8 Å². The quantitative estimate of drug-likeness (QED) is 0.320. The first-order valence-electron chi connectivity index (χ1n) is 7.37. The summed E-state index contributed by atoms with van der Waals surface area (Å²) in [5, 5.41) is 31.1. The third-order valence-corrected chi connectivity index (χ3v) is 3.84. The summed E-state index contributed by atoms with van der Waals surface area (Å²) in [6.07, 6.45) is 1.43. The summed E-state index contributed by atoms with van der Waals surface area (Å²) in [5.41, 5.74) is 1.39. The number of H-pyrrole nitrogens is 1. The van der Waals surface area contributed by atoms with E-state index in [2.05, 4.69) is 20.2 Å². The van der Waals surface area contributed by atoms with Gasteiger partial charge in [0.2, 0.25) is 0 Å². The summed E-state index contributed by atoms with van der Waals surface area (Å²) >= 11 is 0. The van der Waals surface area contributed by atoms with Crippen LogP contribution in [0.5, 0.6) is 5.75 Å². The van der Waals surface area contributed by atoms with Gasteiger partial charge in [-0.15, -0.1) is 10.2 Å². The molecule has 0 unspecified atom stereocenters. The molecule has 0 saturated carbocycles. The van der Waals surface area contributed by atoms with Crippen LogP contribution in [0.25, 0.3) is 21.8 Å². The van der Waals surface area contributed by atoms with Crippen molar-refractivity contribution in [1.29, 1.82) is 0 Å². The topological polar surface area (TPSA) is 117 Å². The van der Waals surface area contributed by atoms with Gasteiger partial charge in [-0.3, -0.25) is 10.1 Å². The van der Waals surface area contributed by atoms with Crippen LogP contribution in [0.4, 0.5) is 17.1 Å². The van der Waals surface area contributed by atoms with Crippen LogP contribution in [0.1, 0.15) is 0 Å². The van der Waals surface area contributed by atoms with E-state index in [0.29, 0.717) is 16.7 Å². The number of hydrogen-bond donors (Lipinski definition) is 2. The molecule has 0 bridgehead atoms. The lowest BCUT2D eigenvalue weighted by Gasteiger charge is -2.03. The Bertz CT molecular complexity index is 1150. The molecule has 8 nitrogen and oxygen atoms in total. The second-order valence-corrected chi connectivity index (χ2v) is 5.38. The Balaban J connectivity index is 1.88. The Morgan fingerprint density at radius 2 is 1.96 bits per heavy atom. The SMILES string of the molecule is O=[N+]([O-])c1cc(N=Nc2c(O)ccc3ccccc23)c2nc[nH]c2c1. The molecule has 2 N–H and O–H groups in total. The number of azo groups is 1. The van der Waals surface area contributed by atoms with Gasteiger partial charge in [0, 0.05) is 17.5 Å². The van der Waals surface area contributed by atoms with Gasteiger partial charge in [-0.25, -0.2) is 4.98 Å². The van der Waals surface area contributed by atoms with Gasteiger partial charge in [0.05, 0.1) is 16.8 Å². The molecule has 0 spiro atoms. The molecule has 0 atom stereocenters. The molecule has 0 aliphatic heterocycles. The average Bonchev–Trinajstić information content (AvgIpc) is 3.09. The van der Waals surface area contributed by atoms with Crippen molar-refractivity contribution in [1.82, 2.24) is 9.97 Å². The molecule has 0 fully saturated rings. The Kier molecular flexibility index (Phi) is 3.35. The summed E-state index contributed by atoms with van der Waals surface area (Å²) in [7, 11) is 0. The van der Waals surface area contributed by atoms with E-state index in [1.54, 1.807) is 6.07 Å². The Labute approximate surface area is 140 Å². The highest BCUT2D eigenvalue weighted by atomic mass is 16.6. The smallest absolute Gasteiger partial charge is 0.273 e. The number of imidazole rings is 1. The van der Waals surface area contributed by atoms with Gasteiger partial charge in [0.25, 0.3) is 5.69 Å². The zero-order chi connectivity index (χ0) is 17.4. The Morgan fingerprint density at radius 1 is 1.12 bits per heavy atom. The number of nitrogens with zero attached hydrogens (tertiary/aromatic N) is 4. The Morgan fingerprint density at radius 3 is 2.80 bits per heavy atom. The number of aromatic nitrogens is 2. The maximum Gasteiger partial charge on any atom is 0.273 e. The van der Waals surface area contributed by atoms with Crippen molar-refractivity contribution in [3.63, 3.8) is 0 Å². The van der Waals surface area contributed by atoms with Crippen LogP contribution >= 0.6 is 0 Å². The predicted octanol–water partition coefficient (Wildman–Crippen LogP) is 4.75. The molecule has 4 rings (SSSR count). The highest BCUT2D eigenvalue weighted by Crippen LogP contribution is 2.37. The number of phenols is 1. The van der Waals surface area contributed by atoms with Crippen molar-refractivity contribution in [3.05, 3.63) is 65.0 Å². The maximum atomic E-state index is 11.1. The van der Waals surface area contributed by atoms with Crippen LogP contribution in [-0.4, -0.2) is 20.0 Å². The van der Waals surface area contributed by atoms with E-state index < -0.39 is 4.92 Å². The van der Waals surface area contributed by atoms with Crippen molar-refractivity contribution >= 4 is 38.9 Å². The molecular weight excluding hydrogens is 322 g/mol. The number of phenolic OH excluding ortho intramolecular Hbond substituents is 1. The number of aromatic amines is 1. The molecular formula is C17H11N5O3. The molecule has 0 aliphatic rings. The van der Waals surface area contributed by atoms with Gasteiger partial charge >= 0.3 is 0 Å². The van der Waals surface area contributed by atoms with Crippen LogP contribution in [0.3, 0.4) is 0 Å². The zero-order valence-corrected chi connectivity index (χ0v) is 12.7. The average molecular weight is 333 g/mol. The molecule has 25 heavy (non-hydrogen) atoms. The molecule has 0 saturated heterocycles. The third kappa shape index (κ3) is 2.55. The van der Waals surface area contributed by atoms with Crippen molar-refractivity contribution in [3.8, 4) is 5.75 Å². The summed E-state index contributed by atoms with van der Waals surface area (Å²) in [5.74, 6) is -0.0221. The summed E-state index contributed by atoms with van der Waals surface area (Å²) < 4.78 is 0. The number of non-ortho nitro benzene ring substituents is 1. The first-order chi connectivity index (χ1) is 12.1. The highest BCUT2D eigenvalue weighted by molar-refractivity contribution is 5.95. The highest BCUT2D eigenvalue weighted by Gasteiger charge is 2.14. The lowest BCUT2D eigenvalue weighted by atomic mass is 10.1. The van der Waals surface area contributed by atoms with Crippen LogP contribution in [-0.2, 0) is 0 Å². The molecule has 0 aliphatic carbocycles. The van der Waals surface area contributed by atoms with Gasteiger partial charge in [0.15, 0.2) is 0 Å². The minimum atomic E-state index is -0.505. The van der Waals surface area contributed by atoms with Gasteiger partial charge < -0.3 is 10.1 Å². The first kappa shape index (κ1) is 14.8. The second-order valence-electron chi connectivity index (χ2n) is 5.38. The molecule has 1 aromatic heterocycles. The fourth-order valence-corrected chi connectivity index (χ4v) is 2.65. The number of fused-ring (bicyclic) bond motifs is 2. The molecule has 4 aromatic rings. The molecule has 0 radical (unpaired) electrons.